The summed E-state index contributed by atoms with van der Waals surface area (Å²) in [4.78, 5) is 18.1. The highest BCUT2D eigenvalue weighted by Gasteiger charge is 2.26. The van der Waals surface area contributed by atoms with E-state index in [9.17, 15) is 13.6 Å². The van der Waals surface area contributed by atoms with Gasteiger partial charge in [-0.1, -0.05) is 12.1 Å². The molecule has 26 heavy (non-hydrogen) atoms. The zero-order chi connectivity index (χ0) is 18.4. The normalized spacial score (nSPS) is 16.7. The second-order valence-electron chi connectivity index (χ2n) is 5.91. The molecular weight excluding hydrogens is 362 g/mol. The van der Waals surface area contributed by atoms with Gasteiger partial charge >= 0.3 is 12.6 Å². The van der Waals surface area contributed by atoms with Crippen molar-refractivity contribution in [1.29, 1.82) is 0 Å². The lowest BCUT2D eigenvalue weighted by Crippen LogP contribution is -2.44. The predicted octanol–water partition coefficient (Wildman–Crippen LogP) is 2.87. The van der Waals surface area contributed by atoms with Gasteiger partial charge in [-0.05, 0) is 18.6 Å². The van der Waals surface area contributed by atoms with Gasteiger partial charge in [-0.25, -0.2) is 9.78 Å². The van der Waals surface area contributed by atoms with E-state index in [-0.39, 0.29) is 17.8 Å². The molecule has 9 heteroatoms. The molecule has 0 saturated carbocycles. The Hall–Kier alpha value is -2.42. The van der Waals surface area contributed by atoms with Crippen molar-refractivity contribution in [2.24, 2.45) is 0 Å². The van der Waals surface area contributed by atoms with Crippen molar-refractivity contribution in [3.05, 3.63) is 40.8 Å². The zero-order valence-electron chi connectivity index (χ0n) is 14.0. The molecule has 0 bridgehead atoms. The molecule has 140 valence electrons. The first kappa shape index (κ1) is 18.4. The van der Waals surface area contributed by atoms with E-state index in [0.29, 0.717) is 31.7 Å². The number of hydrogen-bond acceptors (Lipinski definition) is 5. The van der Waals surface area contributed by atoms with Crippen LogP contribution in [0.5, 0.6) is 5.75 Å². The molecule has 1 unspecified atom stereocenters. The molecule has 3 rings (SSSR count). The van der Waals surface area contributed by atoms with Crippen LogP contribution in [0.25, 0.3) is 0 Å². The Morgan fingerprint density at radius 1 is 1.42 bits per heavy atom. The summed E-state index contributed by atoms with van der Waals surface area (Å²) in [5, 5.41) is 7.68. The first-order valence-electron chi connectivity index (χ1n) is 8.32. The van der Waals surface area contributed by atoms with Crippen LogP contribution in [-0.2, 0) is 6.42 Å². The second-order valence-corrected chi connectivity index (χ2v) is 6.63. The number of hydrogen-bond donors (Lipinski definition) is 2. The summed E-state index contributed by atoms with van der Waals surface area (Å²) >= 11 is 1.53. The van der Waals surface area contributed by atoms with Crippen molar-refractivity contribution < 1.29 is 18.3 Å². The summed E-state index contributed by atoms with van der Waals surface area (Å²) in [6.07, 6.45) is 1.43. The van der Waals surface area contributed by atoms with E-state index in [1.54, 1.807) is 23.7 Å². The molecule has 1 aliphatic heterocycles. The van der Waals surface area contributed by atoms with Crippen LogP contribution in [0.3, 0.4) is 0 Å². The summed E-state index contributed by atoms with van der Waals surface area (Å²) in [5.41, 5.74) is 3.33. The third kappa shape index (κ3) is 5.04. The van der Waals surface area contributed by atoms with E-state index in [0.717, 1.165) is 12.1 Å². The van der Waals surface area contributed by atoms with Gasteiger partial charge in [0.05, 0.1) is 16.9 Å². The van der Waals surface area contributed by atoms with Crippen molar-refractivity contribution in [2.45, 2.75) is 25.5 Å². The van der Waals surface area contributed by atoms with Gasteiger partial charge in [0.1, 0.15) is 5.75 Å². The number of amides is 2. The highest BCUT2D eigenvalue weighted by Crippen LogP contribution is 2.31. The topological polar surface area (TPSA) is 66.5 Å². The van der Waals surface area contributed by atoms with Crippen molar-refractivity contribution in [3.8, 4) is 5.75 Å². The highest BCUT2D eigenvalue weighted by molar-refractivity contribution is 7.07. The first-order valence-corrected chi connectivity index (χ1v) is 9.26. The summed E-state index contributed by atoms with van der Waals surface area (Å²) in [6.45, 7) is -1.15. The smallest absolute Gasteiger partial charge is 0.387 e. The number of rotatable bonds is 7. The molecule has 1 saturated heterocycles. The summed E-state index contributed by atoms with van der Waals surface area (Å²) in [7, 11) is 0. The van der Waals surface area contributed by atoms with Crippen molar-refractivity contribution in [3.63, 3.8) is 0 Å². The average molecular weight is 382 g/mol. The van der Waals surface area contributed by atoms with Gasteiger partial charge in [0.2, 0.25) is 0 Å². The molecule has 1 fully saturated rings. The molecule has 2 amide bonds. The number of carbonyl (C=O) groups excluding carboxylic acids is 1. The third-order valence-electron chi connectivity index (χ3n) is 4.10. The maximum absolute atomic E-state index is 12.5. The molecule has 0 radical (unpaired) electrons. The first-order chi connectivity index (χ1) is 12.6. The number of anilines is 1. The van der Waals surface area contributed by atoms with E-state index >= 15 is 0 Å². The van der Waals surface area contributed by atoms with E-state index in [4.69, 9.17) is 0 Å². The Bertz CT molecular complexity index is 715. The van der Waals surface area contributed by atoms with Crippen molar-refractivity contribution in [2.75, 3.05) is 24.5 Å². The van der Waals surface area contributed by atoms with Gasteiger partial charge in [-0.15, -0.1) is 11.3 Å². The highest BCUT2D eigenvalue weighted by atomic mass is 32.1. The Morgan fingerprint density at radius 2 is 2.27 bits per heavy atom. The summed E-state index contributed by atoms with van der Waals surface area (Å²) < 4.78 is 29.7. The number of carbonyl (C=O) groups is 1. The number of urea groups is 1. The predicted molar refractivity (Wildman–Crippen MR) is 96.0 cm³/mol. The Morgan fingerprint density at radius 3 is 3.04 bits per heavy atom. The van der Waals surface area contributed by atoms with Crippen molar-refractivity contribution >= 4 is 23.1 Å². The van der Waals surface area contributed by atoms with Crippen LogP contribution in [0.1, 0.15) is 12.1 Å². The number of para-hydroxylation sites is 2. The second kappa shape index (κ2) is 8.79. The Labute approximate surface area is 154 Å². The van der Waals surface area contributed by atoms with Crippen LogP contribution in [-0.4, -0.2) is 43.3 Å². The lowest BCUT2D eigenvalue weighted by Gasteiger charge is -2.22. The van der Waals surface area contributed by atoms with Crippen LogP contribution >= 0.6 is 11.3 Å². The van der Waals surface area contributed by atoms with Crippen LogP contribution in [0.2, 0.25) is 0 Å². The number of aromatic nitrogens is 1. The number of alkyl halides is 2. The Balaban J connectivity index is 1.47. The monoisotopic (exact) mass is 382 g/mol. The molecule has 1 atom stereocenters. The van der Waals surface area contributed by atoms with E-state index < -0.39 is 6.61 Å². The minimum Gasteiger partial charge on any atom is -0.433 e. The van der Waals surface area contributed by atoms with Crippen molar-refractivity contribution in [1.82, 2.24) is 15.6 Å². The lowest BCUT2D eigenvalue weighted by molar-refractivity contribution is -0.0495. The third-order valence-corrected chi connectivity index (χ3v) is 4.73. The van der Waals surface area contributed by atoms with Gasteiger partial charge in [-0.3, -0.25) is 0 Å². The van der Waals surface area contributed by atoms with Crippen LogP contribution in [0.15, 0.2) is 35.2 Å². The zero-order valence-corrected chi connectivity index (χ0v) is 14.8. The van der Waals surface area contributed by atoms with Gasteiger partial charge < -0.3 is 20.3 Å². The molecule has 1 aromatic carbocycles. The molecular formula is C17H20F2N4O2S. The number of halogens is 2. The minimum atomic E-state index is -2.86. The maximum Gasteiger partial charge on any atom is 0.387 e. The van der Waals surface area contributed by atoms with Crippen LogP contribution in [0.4, 0.5) is 19.3 Å². The lowest BCUT2D eigenvalue weighted by atomic mass is 10.2. The number of nitrogens with one attached hydrogen (secondary N) is 2. The number of thiazole rings is 1. The quantitative estimate of drug-likeness (QED) is 0.773. The summed E-state index contributed by atoms with van der Waals surface area (Å²) in [5.74, 6) is 0.149. The van der Waals surface area contributed by atoms with Gasteiger partial charge in [0.25, 0.3) is 0 Å². The molecule has 2 N–H and O–H groups in total. The number of ether oxygens (including phenoxy) is 1. The molecule has 0 spiro atoms. The molecule has 1 aliphatic rings. The number of benzene rings is 1. The van der Waals surface area contributed by atoms with E-state index in [2.05, 4.69) is 20.4 Å². The van der Waals surface area contributed by atoms with Crippen LogP contribution < -0.4 is 20.3 Å². The fourth-order valence-electron chi connectivity index (χ4n) is 2.91. The minimum absolute atomic E-state index is 0.0473. The van der Waals surface area contributed by atoms with Gasteiger partial charge in [-0.2, -0.15) is 8.78 Å². The molecule has 2 aromatic rings. The number of nitrogens with zero attached hydrogens (tertiary/aromatic N) is 2. The molecule has 6 nitrogen and oxygen atoms in total. The fraction of sp³-hybridized carbons (Fsp3) is 0.412. The van der Waals surface area contributed by atoms with Gasteiger partial charge in [0.15, 0.2) is 0 Å². The van der Waals surface area contributed by atoms with Crippen LogP contribution in [0, 0.1) is 0 Å². The molecule has 2 heterocycles. The SMILES string of the molecule is O=C(NCCc1cscn1)NC1CCN(c2ccccc2OC(F)F)C1. The van der Waals surface area contributed by atoms with Gasteiger partial charge in [0, 0.05) is 37.5 Å². The maximum atomic E-state index is 12.5. The van der Waals surface area contributed by atoms with E-state index in [1.807, 2.05) is 10.3 Å². The summed E-state index contributed by atoms with van der Waals surface area (Å²) in [6, 6.07) is 6.42. The fourth-order valence-corrected chi connectivity index (χ4v) is 3.51. The largest absolute Gasteiger partial charge is 0.433 e. The average Bonchev–Trinajstić information content (AvgIpc) is 3.27. The standard InChI is InChI=1S/C17H20F2N4O2S/c18-16(19)25-15-4-2-1-3-14(15)23-8-6-12(9-23)22-17(24)20-7-5-13-10-26-11-21-13/h1-4,10-12,16H,5-9H2,(H2,20,22,24). The Kier molecular flexibility index (Phi) is 6.21. The molecule has 0 aliphatic carbocycles. The van der Waals surface area contributed by atoms with E-state index in [1.165, 1.54) is 17.4 Å². The molecule has 1 aromatic heterocycles.